The second-order valence-electron chi connectivity index (χ2n) is 4.70. The highest BCUT2D eigenvalue weighted by Crippen LogP contribution is 2.36. The second-order valence-corrected chi connectivity index (χ2v) is 6.19. The summed E-state index contributed by atoms with van der Waals surface area (Å²) in [5, 5.41) is 4.99. The normalized spacial score (nSPS) is 12.8. The van der Waals surface area contributed by atoms with Crippen molar-refractivity contribution in [2.75, 3.05) is 5.32 Å². The number of nitrogens with one attached hydrogen (secondary N) is 2. The number of carbonyl (C=O) groups is 2. The molecule has 0 aliphatic carbocycles. The standard InChI is InChI=1S/C14H7Cl4N3O2/c15-8-9(16)11(21-12(18)10(8)17)14(23)20-6-2-1-5-4-19-13(22)7(5)3-6/h1-3H,4H2,(H,19,22)(H,20,23). The third-order valence-corrected chi connectivity index (χ3v) is 4.93. The zero-order valence-electron chi connectivity index (χ0n) is 11.2. The Morgan fingerprint density at radius 2 is 1.87 bits per heavy atom. The summed E-state index contributed by atoms with van der Waals surface area (Å²) in [5.74, 6) is -0.807. The topological polar surface area (TPSA) is 71.1 Å². The third kappa shape index (κ3) is 2.97. The zero-order valence-corrected chi connectivity index (χ0v) is 14.2. The lowest BCUT2D eigenvalue weighted by Gasteiger charge is -2.09. The number of fused-ring (bicyclic) bond motifs is 1. The summed E-state index contributed by atoms with van der Waals surface area (Å²) < 4.78 is 0. The molecule has 2 amide bonds. The second kappa shape index (κ2) is 6.17. The SMILES string of the molecule is O=C1NCc2ccc(NC(=O)c3nc(Cl)c(Cl)c(Cl)c3Cl)cc21. The molecule has 0 saturated carbocycles. The van der Waals surface area contributed by atoms with Crippen LogP contribution in [0.4, 0.5) is 5.69 Å². The maximum Gasteiger partial charge on any atom is 0.275 e. The molecule has 0 spiro atoms. The van der Waals surface area contributed by atoms with Crippen LogP contribution < -0.4 is 10.6 Å². The van der Waals surface area contributed by atoms with Crippen LogP contribution in [-0.2, 0) is 6.54 Å². The smallest absolute Gasteiger partial charge is 0.275 e. The van der Waals surface area contributed by atoms with Crippen LogP contribution in [0, 0.1) is 0 Å². The quantitative estimate of drug-likeness (QED) is 0.755. The van der Waals surface area contributed by atoms with Crippen molar-refractivity contribution in [2.24, 2.45) is 0 Å². The van der Waals surface area contributed by atoms with Crippen molar-refractivity contribution in [3.8, 4) is 0 Å². The van der Waals surface area contributed by atoms with Crippen LogP contribution >= 0.6 is 46.4 Å². The number of rotatable bonds is 2. The number of benzene rings is 1. The van der Waals surface area contributed by atoms with Crippen LogP contribution in [0.15, 0.2) is 18.2 Å². The van der Waals surface area contributed by atoms with Crippen LogP contribution in [0.25, 0.3) is 0 Å². The van der Waals surface area contributed by atoms with Crippen LogP contribution in [-0.4, -0.2) is 16.8 Å². The molecular formula is C14H7Cl4N3O2. The lowest BCUT2D eigenvalue weighted by atomic mass is 10.1. The van der Waals surface area contributed by atoms with E-state index in [2.05, 4.69) is 15.6 Å². The van der Waals surface area contributed by atoms with Crippen LogP contribution in [0.5, 0.6) is 0 Å². The Hall–Kier alpha value is -1.53. The highest BCUT2D eigenvalue weighted by atomic mass is 35.5. The fourth-order valence-electron chi connectivity index (χ4n) is 2.12. The molecule has 3 rings (SSSR count). The highest BCUT2D eigenvalue weighted by Gasteiger charge is 2.22. The van der Waals surface area contributed by atoms with Gasteiger partial charge in [-0.15, -0.1) is 0 Å². The number of aromatic nitrogens is 1. The number of halogens is 4. The van der Waals surface area contributed by atoms with E-state index in [1.54, 1.807) is 18.2 Å². The minimum absolute atomic E-state index is 0.0240. The molecule has 0 radical (unpaired) electrons. The first-order valence-electron chi connectivity index (χ1n) is 6.31. The maximum atomic E-state index is 12.3. The van der Waals surface area contributed by atoms with Gasteiger partial charge in [0.1, 0.15) is 10.8 Å². The molecule has 1 aromatic heterocycles. The Morgan fingerprint density at radius 3 is 2.61 bits per heavy atom. The number of pyridine rings is 1. The van der Waals surface area contributed by atoms with Gasteiger partial charge in [0.05, 0.1) is 15.1 Å². The highest BCUT2D eigenvalue weighted by molar-refractivity contribution is 6.52. The van der Waals surface area contributed by atoms with Crippen molar-refractivity contribution in [1.82, 2.24) is 10.3 Å². The average Bonchev–Trinajstić information content (AvgIpc) is 2.89. The predicted molar refractivity (Wildman–Crippen MR) is 89.8 cm³/mol. The van der Waals surface area contributed by atoms with E-state index in [4.69, 9.17) is 46.4 Å². The number of hydrogen-bond donors (Lipinski definition) is 2. The Labute approximate surface area is 150 Å². The largest absolute Gasteiger partial charge is 0.348 e. The summed E-state index contributed by atoms with van der Waals surface area (Å²) in [7, 11) is 0. The van der Waals surface area contributed by atoms with Crippen molar-refractivity contribution in [1.29, 1.82) is 0 Å². The number of carbonyl (C=O) groups excluding carboxylic acids is 2. The Balaban J connectivity index is 1.91. The molecule has 1 aromatic carbocycles. The zero-order chi connectivity index (χ0) is 16.7. The average molecular weight is 391 g/mol. The molecule has 1 aliphatic heterocycles. The molecule has 1 aliphatic rings. The predicted octanol–water partition coefficient (Wildman–Crippen LogP) is 4.19. The molecule has 2 heterocycles. The van der Waals surface area contributed by atoms with E-state index < -0.39 is 5.91 Å². The van der Waals surface area contributed by atoms with Gasteiger partial charge in [0.2, 0.25) is 0 Å². The van der Waals surface area contributed by atoms with Crippen LogP contribution in [0.3, 0.4) is 0 Å². The number of nitrogens with zero attached hydrogens (tertiary/aromatic N) is 1. The molecule has 0 bridgehead atoms. The van der Waals surface area contributed by atoms with Crippen molar-refractivity contribution in [3.63, 3.8) is 0 Å². The summed E-state index contributed by atoms with van der Waals surface area (Å²) in [6.45, 7) is 0.470. The third-order valence-electron chi connectivity index (χ3n) is 3.25. The molecule has 2 aromatic rings. The van der Waals surface area contributed by atoms with Gasteiger partial charge < -0.3 is 10.6 Å². The molecule has 2 N–H and O–H groups in total. The van der Waals surface area contributed by atoms with Crippen LogP contribution in [0.2, 0.25) is 20.2 Å². The van der Waals surface area contributed by atoms with E-state index in [0.717, 1.165) is 5.56 Å². The van der Waals surface area contributed by atoms with Gasteiger partial charge in [-0.25, -0.2) is 4.98 Å². The van der Waals surface area contributed by atoms with Gasteiger partial charge in [-0.3, -0.25) is 9.59 Å². The van der Waals surface area contributed by atoms with E-state index in [9.17, 15) is 9.59 Å². The van der Waals surface area contributed by atoms with E-state index in [1.807, 2.05) is 0 Å². The monoisotopic (exact) mass is 389 g/mol. The van der Waals surface area contributed by atoms with Gasteiger partial charge in [-0.2, -0.15) is 0 Å². The number of anilines is 1. The van der Waals surface area contributed by atoms with Gasteiger partial charge in [0, 0.05) is 17.8 Å². The summed E-state index contributed by atoms with van der Waals surface area (Å²) in [4.78, 5) is 27.8. The lowest BCUT2D eigenvalue weighted by molar-refractivity contribution is 0.0964. The fourth-order valence-corrected chi connectivity index (χ4v) is 2.93. The number of hydrogen-bond acceptors (Lipinski definition) is 3. The molecule has 0 fully saturated rings. The Bertz CT molecular complexity index is 854. The van der Waals surface area contributed by atoms with Crippen LogP contribution in [0.1, 0.15) is 26.4 Å². The summed E-state index contributed by atoms with van der Waals surface area (Å²) >= 11 is 23.5. The first-order chi connectivity index (χ1) is 10.9. The Kier molecular flexibility index (Phi) is 4.38. The minimum atomic E-state index is -0.617. The fraction of sp³-hybridized carbons (Fsp3) is 0.0714. The van der Waals surface area contributed by atoms with Gasteiger partial charge in [-0.05, 0) is 17.7 Å². The van der Waals surface area contributed by atoms with Crippen molar-refractivity contribution < 1.29 is 9.59 Å². The van der Waals surface area contributed by atoms with Gasteiger partial charge in [0.25, 0.3) is 11.8 Å². The summed E-state index contributed by atoms with van der Waals surface area (Å²) in [5.41, 5.74) is 1.64. The van der Waals surface area contributed by atoms with Gasteiger partial charge in [0.15, 0.2) is 0 Å². The first kappa shape index (κ1) is 16.3. The van der Waals surface area contributed by atoms with Crippen molar-refractivity contribution in [2.45, 2.75) is 6.54 Å². The maximum absolute atomic E-state index is 12.3. The van der Waals surface area contributed by atoms with Crippen molar-refractivity contribution >= 4 is 63.9 Å². The molecular weight excluding hydrogens is 384 g/mol. The minimum Gasteiger partial charge on any atom is -0.348 e. The van der Waals surface area contributed by atoms with Gasteiger partial charge in [-0.1, -0.05) is 52.5 Å². The number of amides is 2. The molecule has 118 valence electrons. The van der Waals surface area contributed by atoms with E-state index >= 15 is 0 Å². The van der Waals surface area contributed by atoms with E-state index in [0.29, 0.717) is 17.8 Å². The first-order valence-corrected chi connectivity index (χ1v) is 7.82. The van der Waals surface area contributed by atoms with Gasteiger partial charge >= 0.3 is 0 Å². The summed E-state index contributed by atoms with van der Waals surface area (Å²) in [6, 6.07) is 4.99. The van der Waals surface area contributed by atoms with E-state index in [1.165, 1.54) is 0 Å². The van der Waals surface area contributed by atoms with Crippen molar-refractivity contribution in [3.05, 3.63) is 55.2 Å². The molecule has 5 nitrogen and oxygen atoms in total. The molecule has 9 heteroatoms. The summed E-state index contributed by atoms with van der Waals surface area (Å²) in [6.07, 6.45) is 0. The van der Waals surface area contributed by atoms with E-state index in [-0.39, 0.29) is 31.8 Å². The molecule has 23 heavy (non-hydrogen) atoms. The lowest BCUT2D eigenvalue weighted by Crippen LogP contribution is -2.15. The molecule has 0 saturated heterocycles. The molecule has 0 unspecified atom stereocenters. The Morgan fingerprint density at radius 1 is 1.13 bits per heavy atom. The molecule has 0 atom stereocenters.